The molecule has 0 radical (unpaired) electrons. The van der Waals surface area contributed by atoms with Gasteiger partial charge in [-0.3, -0.25) is 0 Å². The maximum Gasteiger partial charge on any atom is 0.199 e. The Morgan fingerprint density at radius 3 is 0.769 bits per heavy atom. The second-order valence-electron chi connectivity index (χ2n) is 29.5. The molecule has 0 fully saturated rings. The van der Waals surface area contributed by atoms with Crippen LogP contribution < -0.4 is 19.3 Å². The summed E-state index contributed by atoms with van der Waals surface area (Å²) in [4.78, 5) is 2.69. The number of anilines is 6. The van der Waals surface area contributed by atoms with Gasteiger partial charge in [-0.1, -0.05) is 219 Å². The summed E-state index contributed by atoms with van der Waals surface area (Å²) in [5.41, 5.74) is 10.9. The van der Waals surface area contributed by atoms with E-state index in [-0.39, 0.29) is 22.7 Å². The molecule has 20 rings (SSSR count). The number of hydrogen-bond acceptors (Lipinski definition) is 4. The minimum absolute atomic E-state index is 0.142. The number of ether oxygens (including phenoxy) is 2. The Kier molecular flexibility index (Phi) is 16.7. The fourth-order valence-corrected chi connectivity index (χ4v) is 18.6. The van der Waals surface area contributed by atoms with E-state index in [1.54, 1.807) is 84.9 Å². The highest BCUT2D eigenvalue weighted by atomic mass is 19.2. The van der Waals surface area contributed by atoms with Crippen molar-refractivity contribution >= 4 is 46.3 Å². The van der Waals surface area contributed by atoms with Crippen LogP contribution in [0, 0.1) is 58.2 Å². The minimum atomic E-state index is -2.07. The van der Waals surface area contributed by atoms with Crippen LogP contribution in [0.2, 0.25) is 0 Å². The van der Waals surface area contributed by atoms with E-state index in [4.69, 9.17) is 9.47 Å². The third kappa shape index (κ3) is 10.8. The molecule has 16 aromatic carbocycles. The molecule has 117 heavy (non-hydrogen) atoms. The van der Waals surface area contributed by atoms with Crippen LogP contribution >= 0.6 is 0 Å². The zero-order valence-corrected chi connectivity index (χ0v) is 61.7. The highest BCUT2D eigenvalue weighted by Crippen LogP contribution is 2.66. The third-order valence-electron chi connectivity index (χ3n) is 23.6. The summed E-state index contributed by atoms with van der Waals surface area (Å²) >= 11 is 0. The standard InChI is InChI=1S/C103H60F10N2O2/c1-3-59-21-41-71(42-22-59)116-73-45-29-63(30-46-73)101(61-25-33-65(104)34-26-61)83-17-9-5-13-75(83)79-49-37-67(53-87(79)101)114(93-57-91(106)95(108)99(112)97(93)110)69-39-51-81-77-15-7-11-19-85(77)103(89(81)55-69)86-20-12-8-16-78(86)82-52-40-70(56-90(82)103)115(94-58-92(107)96(109)100(113)98(94)111)68-38-50-80-76-14-6-10-18-84(76)102(88(80)54-68,62-27-35-66(105)36-28-62)64-31-47-74(48-32-64)117-72-43-23-60(4-2)24-44-72/h3-58H,1-2H2. The van der Waals surface area contributed by atoms with Crippen molar-refractivity contribution < 1.29 is 53.4 Å². The molecule has 0 bridgehead atoms. The average molecular weight is 1550 g/mol. The summed E-state index contributed by atoms with van der Waals surface area (Å²) in [5, 5.41) is 0. The predicted octanol–water partition coefficient (Wildman–Crippen LogP) is 28.0. The van der Waals surface area contributed by atoms with Crippen LogP contribution in [0.15, 0.2) is 341 Å². The highest BCUT2D eigenvalue weighted by molar-refractivity contribution is 5.99. The maximum atomic E-state index is 17.7. The zero-order chi connectivity index (χ0) is 79.9. The Labute approximate surface area is 666 Å². The van der Waals surface area contributed by atoms with Gasteiger partial charge in [-0.15, -0.1) is 0 Å². The molecule has 2 unspecified atom stereocenters. The van der Waals surface area contributed by atoms with Gasteiger partial charge in [0, 0.05) is 34.9 Å². The lowest BCUT2D eigenvalue weighted by atomic mass is 9.67. The van der Waals surface area contributed by atoms with E-state index in [0.29, 0.717) is 90.8 Å². The summed E-state index contributed by atoms with van der Waals surface area (Å²) in [7, 11) is 0. The maximum absolute atomic E-state index is 17.7. The minimum Gasteiger partial charge on any atom is -0.457 e. The summed E-state index contributed by atoms with van der Waals surface area (Å²) in [5.74, 6) is -13.8. The topological polar surface area (TPSA) is 24.9 Å². The first-order valence-corrected chi connectivity index (χ1v) is 37.8. The molecule has 0 heterocycles. The van der Waals surface area contributed by atoms with Crippen molar-refractivity contribution in [3.8, 4) is 67.5 Å². The van der Waals surface area contributed by atoms with Crippen molar-refractivity contribution in [1.29, 1.82) is 0 Å². The van der Waals surface area contributed by atoms with Crippen molar-refractivity contribution in [2.75, 3.05) is 9.80 Å². The van der Waals surface area contributed by atoms with Crippen LogP contribution in [0.4, 0.5) is 78.0 Å². The largest absolute Gasteiger partial charge is 0.457 e. The molecule has 0 N–H and O–H groups in total. The number of hydrogen-bond donors (Lipinski definition) is 0. The molecule has 2 atom stereocenters. The zero-order valence-electron chi connectivity index (χ0n) is 61.7. The average Bonchev–Trinajstić information content (AvgIpc) is 1.51. The van der Waals surface area contributed by atoms with E-state index < -0.39 is 85.8 Å². The molecule has 564 valence electrons. The molecule has 4 nitrogen and oxygen atoms in total. The van der Waals surface area contributed by atoms with Crippen molar-refractivity contribution in [3.63, 3.8) is 0 Å². The molecule has 0 amide bonds. The smallest absolute Gasteiger partial charge is 0.199 e. The molecule has 4 aliphatic carbocycles. The fraction of sp³-hybridized carbons (Fsp3) is 0.0291. The molecule has 1 spiro atoms. The van der Waals surface area contributed by atoms with Crippen LogP contribution in [-0.2, 0) is 16.2 Å². The number of benzene rings is 16. The lowest BCUT2D eigenvalue weighted by Crippen LogP contribution is -2.29. The van der Waals surface area contributed by atoms with E-state index in [1.807, 2.05) is 218 Å². The van der Waals surface area contributed by atoms with Crippen molar-refractivity contribution in [3.05, 3.63) is 477 Å². The number of rotatable bonds is 16. The van der Waals surface area contributed by atoms with E-state index in [9.17, 15) is 0 Å². The van der Waals surface area contributed by atoms with Gasteiger partial charge in [0.15, 0.2) is 46.5 Å². The van der Waals surface area contributed by atoms with Crippen LogP contribution in [0.3, 0.4) is 0 Å². The van der Waals surface area contributed by atoms with Crippen molar-refractivity contribution in [1.82, 2.24) is 0 Å². The van der Waals surface area contributed by atoms with E-state index in [2.05, 4.69) is 13.2 Å². The molecule has 0 saturated carbocycles. The Balaban J connectivity index is 0.792. The van der Waals surface area contributed by atoms with Crippen LogP contribution in [0.25, 0.3) is 56.7 Å². The van der Waals surface area contributed by atoms with Gasteiger partial charge < -0.3 is 19.3 Å². The van der Waals surface area contributed by atoms with Gasteiger partial charge in [0.2, 0.25) is 0 Å². The normalized spacial score (nSPS) is 15.9. The van der Waals surface area contributed by atoms with Crippen LogP contribution in [-0.4, -0.2) is 0 Å². The molecule has 0 saturated heterocycles. The first-order valence-electron chi connectivity index (χ1n) is 37.8. The van der Waals surface area contributed by atoms with Gasteiger partial charge in [-0.2, -0.15) is 0 Å². The summed E-state index contributed by atoms with van der Waals surface area (Å²) < 4.78 is 176. The fourth-order valence-electron chi connectivity index (χ4n) is 18.6. The molecule has 4 aliphatic rings. The Morgan fingerprint density at radius 2 is 0.479 bits per heavy atom. The first kappa shape index (κ1) is 71.5. The lowest BCUT2D eigenvalue weighted by molar-refractivity contribution is 0.410. The van der Waals surface area contributed by atoms with Crippen molar-refractivity contribution in [2.24, 2.45) is 0 Å². The molecular weight excluding hydrogens is 1490 g/mol. The quantitative estimate of drug-likeness (QED) is 0.0547. The number of halogens is 10. The van der Waals surface area contributed by atoms with Gasteiger partial charge in [0.25, 0.3) is 0 Å². The van der Waals surface area contributed by atoms with Gasteiger partial charge in [0.05, 0.1) is 27.6 Å². The summed E-state index contributed by atoms with van der Waals surface area (Å²) in [6, 6.07) is 95.5. The molecule has 14 heteroatoms. The molecule has 0 aromatic heterocycles. The highest BCUT2D eigenvalue weighted by Gasteiger charge is 2.54. The lowest BCUT2D eigenvalue weighted by Gasteiger charge is -2.36. The Bertz CT molecular complexity index is 6400. The van der Waals surface area contributed by atoms with Gasteiger partial charge in [0.1, 0.15) is 34.6 Å². The number of nitrogens with zero attached hydrogens (tertiary/aromatic N) is 2. The molecular formula is C103H60F10N2O2. The van der Waals surface area contributed by atoms with Gasteiger partial charge in [-0.25, -0.2) is 43.9 Å². The summed E-state index contributed by atoms with van der Waals surface area (Å²) in [6.07, 6.45) is 3.46. The first-order chi connectivity index (χ1) is 57.0. The van der Waals surface area contributed by atoms with E-state index >= 15 is 43.9 Å². The van der Waals surface area contributed by atoms with Crippen LogP contribution in [0.1, 0.15) is 77.9 Å². The second-order valence-corrected chi connectivity index (χ2v) is 29.5. The number of fused-ring (bicyclic) bond motifs is 16. The predicted molar refractivity (Wildman–Crippen MR) is 440 cm³/mol. The van der Waals surface area contributed by atoms with E-state index in [1.165, 1.54) is 34.1 Å². The Morgan fingerprint density at radius 1 is 0.231 bits per heavy atom. The second kappa shape index (κ2) is 27.4. The van der Waals surface area contributed by atoms with Gasteiger partial charge in [-0.05, 0) is 244 Å². The van der Waals surface area contributed by atoms with Crippen LogP contribution in [0.5, 0.6) is 23.0 Å². The molecule has 16 aromatic rings. The van der Waals surface area contributed by atoms with Crippen molar-refractivity contribution in [2.45, 2.75) is 16.2 Å². The third-order valence-corrected chi connectivity index (χ3v) is 23.6. The van der Waals surface area contributed by atoms with Gasteiger partial charge >= 0.3 is 0 Å². The van der Waals surface area contributed by atoms with E-state index in [0.717, 1.165) is 66.8 Å². The summed E-state index contributed by atoms with van der Waals surface area (Å²) in [6.45, 7) is 7.73. The molecule has 0 aliphatic heterocycles. The monoisotopic (exact) mass is 1550 g/mol. The Hall–Kier alpha value is -14.5. The SMILES string of the molecule is C=Cc1ccc(Oc2ccc(C3(c4ccc(F)cc4)c4ccccc4-c4ccc(N(c5ccc6c(c5)C5(c7ccccc7-6)c6ccccc6-c6ccc(N(c7ccc8c(c7)C(c7ccc(F)cc7)(c7ccc(Oc9ccc(C=C)cc9)cc7)c7ccccc7-8)c7cc(F)c(F)c(F)c7F)cc65)c5cc(F)c(F)c(F)c5F)cc43)cc2)cc1.